The molecule has 0 saturated heterocycles. The molecule has 0 amide bonds. The predicted molar refractivity (Wildman–Crippen MR) is 82.0 cm³/mol. The largest absolute Gasteiger partial charge is 0.477 e. The summed E-state index contributed by atoms with van der Waals surface area (Å²) in [6.07, 6.45) is -3.87. The molecule has 0 atom stereocenters. The lowest BCUT2D eigenvalue weighted by Gasteiger charge is -2.22. The van der Waals surface area contributed by atoms with Gasteiger partial charge in [0.2, 0.25) is 11.8 Å². The van der Waals surface area contributed by atoms with Crippen LogP contribution in [0.4, 0.5) is 24.8 Å². The molecule has 24 heavy (non-hydrogen) atoms. The van der Waals surface area contributed by atoms with Gasteiger partial charge >= 0.3 is 6.18 Å². The molecule has 0 spiro atoms. The molecule has 0 fully saturated rings. The van der Waals surface area contributed by atoms with Gasteiger partial charge in [0.05, 0.1) is 18.2 Å². The van der Waals surface area contributed by atoms with E-state index >= 15 is 0 Å². The summed E-state index contributed by atoms with van der Waals surface area (Å²) in [5.74, 6) is -0.402. The molecule has 0 aliphatic rings. The van der Waals surface area contributed by atoms with Crippen molar-refractivity contribution >= 4 is 11.6 Å². The molecular weight excluding hydrogens is 321 g/mol. The van der Waals surface area contributed by atoms with Crippen molar-refractivity contribution in [2.45, 2.75) is 20.0 Å². The van der Waals surface area contributed by atoms with Crippen LogP contribution in [0.5, 0.6) is 5.88 Å². The Balaban J connectivity index is 2.44. The van der Waals surface area contributed by atoms with E-state index in [1.165, 1.54) is 0 Å². The van der Waals surface area contributed by atoms with Gasteiger partial charge in [-0.25, -0.2) is 4.98 Å². The molecule has 0 aliphatic heterocycles. The van der Waals surface area contributed by atoms with Crippen molar-refractivity contribution in [1.82, 2.24) is 9.97 Å². The van der Waals surface area contributed by atoms with E-state index in [0.717, 1.165) is 6.20 Å². The highest BCUT2D eigenvalue weighted by Crippen LogP contribution is 2.36. The van der Waals surface area contributed by atoms with Crippen molar-refractivity contribution < 1.29 is 17.9 Å². The van der Waals surface area contributed by atoms with Crippen molar-refractivity contribution in [1.29, 1.82) is 5.26 Å². The number of hydrogen-bond acceptors (Lipinski definition) is 5. The number of aromatic nitrogens is 2. The molecule has 0 unspecified atom stereocenters. The van der Waals surface area contributed by atoms with Gasteiger partial charge < -0.3 is 9.64 Å². The van der Waals surface area contributed by atoms with Gasteiger partial charge in [0.25, 0.3) is 0 Å². The second-order valence-corrected chi connectivity index (χ2v) is 4.72. The third-order valence-electron chi connectivity index (χ3n) is 3.19. The van der Waals surface area contributed by atoms with E-state index in [-0.39, 0.29) is 12.6 Å². The summed E-state index contributed by atoms with van der Waals surface area (Å²) in [5.41, 5.74) is 0.140. The van der Waals surface area contributed by atoms with Gasteiger partial charge in [0.15, 0.2) is 0 Å². The molecule has 2 aromatic rings. The minimum Gasteiger partial charge on any atom is -0.477 e. The minimum absolute atomic E-state index is 0.0581. The van der Waals surface area contributed by atoms with Crippen molar-refractivity contribution in [2.75, 3.05) is 18.1 Å². The van der Waals surface area contributed by atoms with Crippen LogP contribution in [-0.2, 0) is 6.18 Å². The van der Waals surface area contributed by atoms with E-state index in [1.54, 1.807) is 36.1 Å². The fourth-order valence-electron chi connectivity index (χ4n) is 2.08. The second kappa shape index (κ2) is 7.17. The molecule has 5 nitrogen and oxygen atoms in total. The summed E-state index contributed by atoms with van der Waals surface area (Å²) in [7, 11) is 0. The maximum atomic E-state index is 13.0. The Kier molecular flexibility index (Phi) is 5.24. The number of rotatable bonds is 5. The monoisotopic (exact) mass is 336 g/mol. The van der Waals surface area contributed by atoms with Gasteiger partial charge in [0.1, 0.15) is 5.56 Å². The lowest BCUT2D eigenvalue weighted by Crippen LogP contribution is -2.20. The quantitative estimate of drug-likeness (QED) is 0.828. The Bertz CT molecular complexity index is 738. The minimum atomic E-state index is -4.59. The van der Waals surface area contributed by atoms with Crippen LogP contribution in [0.15, 0.2) is 30.5 Å². The summed E-state index contributed by atoms with van der Waals surface area (Å²) in [6, 6.07) is 8.61. The normalized spacial score (nSPS) is 11.0. The molecule has 0 bridgehead atoms. The van der Waals surface area contributed by atoms with E-state index in [4.69, 9.17) is 10.00 Å². The zero-order chi connectivity index (χ0) is 17.7. The summed E-state index contributed by atoms with van der Waals surface area (Å²) >= 11 is 0. The molecule has 126 valence electrons. The lowest BCUT2D eigenvalue weighted by molar-refractivity contribution is -0.139. The van der Waals surface area contributed by atoms with Crippen molar-refractivity contribution in [2.24, 2.45) is 0 Å². The van der Waals surface area contributed by atoms with Gasteiger partial charge in [-0.15, -0.1) is 0 Å². The van der Waals surface area contributed by atoms with E-state index in [2.05, 4.69) is 9.97 Å². The number of anilines is 2. The van der Waals surface area contributed by atoms with Crippen molar-refractivity contribution in [3.05, 3.63) is 41.6 Å². The fraction of sp³-hybridized carbons (Fsp3) is 0.312. The Labute approximate surface area is 137 Å². The van der Waals surface area contributed by atoms with Gasteiger partial charge in [-0.1, -0.05) is 0 Å². The Morgan fingerprint density at radius 3 is 2.38 bits per heavy atom. The van der Waals surface area contributed by atoms with Gasteiger partial charge in [0, 0.05) is 18.4 Å². The van der Waals surface area contributed by atoms with E-state index < -0.39 is 17.6 Å². The van der Waals surface area contributed by atoms with E-state index in [0.29, 0.717) is 17.8 Å². The highest BCUT2D eigenvalue weighted by Gasteiger charge is 2.36. The highest BCUT2D eigenvalue weighted by molar-refractivity contribution is 5.59. The second-order valence-electron chi connectivity index (χ2n) is 4.72. The standard InChI is InChI=1S/C16H15F3N4O/c1-3-23(12-7-5-11(9-20)6-8-12)15-21-10-13(16(17,18)19)14(22-15)24-4-2/h5-8,10H,3-4H2,1-2H3. The van der Waals surface area contributed by atoms with Crippen LogP contribution < -0.4 is 9.64 Å². The van der Waals surface area contributed by atoms with E-state index in [9.17, 15) is 13.2 Å². The summed E-state index contributed by atoms with van der Waals surface area (Å²) in [6.45, 7) is 3.89. The first-order chi connectivity index (χ1) is 11.4. The topological polar surface area (TPSA) is 62.0 Å². The fourth-order valence-corrected chi connectivity index (χ4v) is 2.08. The molecule has 2 rings (SSSR count). The number of hydrogen-bond donors (Lipinski definition) is 0. The zero-order valence-corrected chi connectivity index (χ0v) is 13.1. The van der Waals surface area contributed by atoms with Crippen LogP contribution in [-0.4, -0.2) is 23.1 Å². The zero-order valence-electron chi connectivity index (χ0n) is 13.1. The van der Waals surface area contributed by atoms with Crippen LogP contribution in [0, 0.1) is 11.3 Å². The summed E-state index contributed by atoms with van der Waals surface area (Å²) < 4.78 is 44.0. The molecule has 0 N–H and O–H groups in total. The third kappa shape index (κ3) is 3.74. The van der Waals surface area contributed by atoms with Crippen LogP contribution in [0.3, 0.4) is 0 Å². The first-order valence-electron chi connectivity index (χ1n) is 7.25. The van der Waals surface area contributed by atoms with E-state index in [1.807, 2.05) is 13.0 Å². The molecule has 0 radical (unpaired) electrons. The Morgan fingerprint density at radius 1 is 1.21 bits per heavy atom. The summed E-state index contributed by atoms with van der Waals surface area (Å²) in [4.78, 5) is 9.38. The molecule has 0 aliphatic carbocycles. The molecular formula is C16H15F3N4O. The molecule has 0 saturated carbocycles. The number of ether oxygens (including phenoxy) is 1. The first-order valence-corrected chi connectivity index (χ1v) is 7.25. The third-order valence-corrected chi connectivity index (χ3v) is 3.19. The predicted octanol–water partition coefficient (Wildman–Crippen LogP) is 3.92. The number of halogens is 3. The van der Waals surface area contributed by atoms with Gasteiger partial charge in [-0.2, -0.15) is 23.4 Å². The number of benzene rings is 1. The molecule has 8 heteroatoms. The SMILES string of the molecule is CCOc1nc(N(CC)c2ccc(C#N)cc2)ncc1C(F)(F)F. The van der Waals surface area contributed by atoms with Gasteiger partial charge in [-0.3, -0.25) is 0 Å². The van der Waals surface area contributed by atoms with Gasteiger partial charge in [-0.05, 0) is 38.1 Å². The lowest BCUT2D eigenvalue weighted by atomic mass is 10.2. The van der Waals surface area contributed by atoms with Crippen LogP contribution in [0.1, 0.15) is 25.0 Å². The average Bonchev–Trinajstić information content (AvgIpc) is 2.55. The first kappa shape index (κ1) is 17.5. The van der Waals surface area contributed by atoms with Crippen LogP contribution in [0.25, 0.3) is 0 Å². The smallest absolute Gasteiger partial charge is 0.423 e. The maximum absolute atomic E-state index is 13.0. The average molecular weight is 336 g/mol. The van der Waals surface area contributed by atoms with Crippen molar-refractivity contribution in [3.8, 4) is 11.9 Å². The maximum Gasteiger partial charge on any atom is 0.423 e. The Hall–Kier alpha value is -2.82. The molecule has 1 heterocycles. The highest BCUT2D eigenvalue weighted by atomic mass is 19.4. The molecule has 1 aromatic heterocycles. The Morgan fingerprint density at radius 2 is 1.88 bits per heavy atom. The number of alkyl halides is 3. The number of nitriles is 1. The molecule has 1 aromatic carbocycles. The summed E-state index contributed by atoms with van der Waals surface area (Å²) in [5, 5.41) is 8.83. The van der Waals surface area contributed by atoms with Crippen molar-refractivity contribution in [3.63, 3.8) is 0 Å². The van der Waals surface area contributed by atoms with Crippen LogP contribution >= 0.6 is 0 Å². The van der Waals surface area contributed by atoms with Crippen LogP contribution in [0.2, 0.25) is 0 Å². The number of nitrogens with zero attached hydrogens (tertiary/aromatic N) is 4.